The Morgan fingerprint density at radius 1 is 1.25 bits per heavy atom. The van der Waals surface area contributed by atoms with Crippen molar-refractivity contribution < 1.29 is 73.4 Å². The number of tetrazole rings is 1. The van der Waals surface area contributed by atoms with Gasteiger partial charge >= 0.3 is 29.6 Å². The summed E-state index contributed by atoms with van der Waals surface area (Å²) in [6.45, 7) is 3.37. The number of Topliss-reactive ketones (excluding diaryl/α,β-unsaturated/α-hetero) is 2. The molecule has 0 unspecified atom stereocenters. The average Bonchev–Trinajstić information content (AvgIpc) is 3.71. The van der Waals surface area contributed by atoms with E-state index in [4.69, 9.17) is 33.8 Å². The monoisotopic (exact) mass is 803 g/mol. The number of carboxylic acid groups (broad SMARTS) is 1. The summed E-state index contributed by atoms with van der Waals surface area (Å²) < 4.78 is 0.441. The molecule has 0 radical (unpaired) electrons. The van der Waals surface area contributed by atoms with Crippen LogP contribution in [-0.4, -0.2) is 113 Å². The number of quaternary nitrogens is 1. The predicted molar refractivity (Wildman–Crippen MR) is 185 cm³/mol. The maximum Gasteiger partial charge on any atom is 1.00 e. The molecule has 272 valence electrons. The molecule has 3 aromatic rings. The van der Waals surface area contributed by atoms with Crippen LogP contribution in [-0.2, 0) is 19.2 Å². The molecule has 1 saturated heterocycles. The minimum absolute atomic E-state index is 0. The number of amides is 1. The van der Waals surface area contributed by atoms with Gasteiger partial charge in [0.2, 0.25) is 5.91 Å². The number of carbonyl (C=O) groups excluding carboxylic acids is 4. The van der Waals surface area contributed by atoms with Gasteiger partial charge in [0.05, 0.1) is 54.4 Å². The number of nitrogens with two attached hydrogens (primary N) is 1. The minimum Gasteiger partial charge on any atom is -0.546 e. The quantitative estimate of drug-likeness (QED) is 0.0300. The zero-order chi connectivity index (χ0) is 37.4. The summed E-state index contributed by atoms with van der Waals surface area (Å²) in [7, 11) is 3.93. The van der Waals surface area contributed by atoms with Crippen LogP contribution in [0.25, 0.3) is 5.70 Å². The predicted octanol–water partition coefficient (Wildman–Crippen LogP) is -1.52. The number of nitrogen functional groups attached to an aromatic ring is 1. The molecule has 1 aromatic carbocycles. The maximum absolute atomic E-state index is 13.8. The van der Waals surface area contributed by atoms with Gasteiger partial charge in [0, 0.05) is 36.2 Å². The van der Waals surface area contributed by atoms with Crippen LogP contribution in [0.2, 0.25) is 9.36 Å². The number of thiazole rings is 1. The van der Waals surface area contributed by atoms with Crippen LogP contribution in [0.4, 0.5) is 5.13 Å². The molecule has 0 bridgehead atoms. The molecule has 2 atom stereocenters. The molecule has 2 aromatic heterocycles. The van der Waals surface area contributed by atoms with Crippen LogP contribution in [0.15, 0.2) is 22.9 Å². The minimum atomic E-state index is -1.90. The zero-order valence-electron chi connectivity index (χ0n) is 28.6. The van der Waals surface area contributed by atoms with E-state index >= 15 is 0 Å². The van der Waals surface area contributed by atoms with E-state index in [-0.39, 0.29) is 91.4 Å². The number of β-lactam (4-membered cyclic amide) rings is 1. The van der Waals surface area contributed by atoms with Crippen molar-refractivity contribution in [2.24, 2.45) is 11.1 Å². The standard InChI is InChI=1S/C30H33Cl2N9O8S2.Na/c1-30(2,28(47)48)49-37-20(21-24(32)51-29(33)34-21)18(44)10-15-26(46)40-22(25-35-38-39-36-25)13(12-50-27(15)40)11-41(3,4)9-5-6-16(42)14-7-8-17(43)23(45)19(14)31;/h7-8,15,27H,5-6,9-12H2,1-4H3,(H5-,33,34,35,36,37,38,39,42,43,44,45,47,48);/q;+1/p-1/t15-,27-;/m1./s1. The number of halogens is 2. The van der Waals surface area contributed by atoms with Gasteiger partial charge in [-0.15, -0.1) is 11.8 Å². The molecule has 2 aliphatic rings. The number of hydrogen-bond donors (Lipinski definition) is 3. The number of ketones is 2. The fourth-order valence-electron chi connectivity index (χ4n) is 5.54. The third-order valence-electron chi connectivity index (χ3n) is 8.22. The molecule has 4 N–H and O–H groups in total. The molecule has 1 amide bonds. The normalized spacial score (nSPS) is 17.7. The maximum atomic E-state index is 13.8. The fraction of sp³-hybridized carbons (Fsp3) is 0.433. The summed E-state index contributed by atoms with van der Waals surface area (Å²) in [6.07, 6.45) is 0.274. The molecule has 0 saturated carbocycles. The van der Waals surface area contributed by atoms with Crippen LogP contribution < -0.4 is 45.5 Å². The number of oxime groups is 1. The van der Waals surface area contributed by atoms with Crippen molar-refractivity contribution in [2.75, 3.05) is 38.7 Å². The number of hydrogen-bond acceptors (Lipinski definition) is 16. The molecule has 22 heteroatoms. The van der Waals surface area contributed by atoms with E-state index in [1.807, 2.05) is 14.1 Å². The average molecular weight is 805 g/mol. The van der Waals surface area contributed by atoms with E-state index in [9.17, 15) is 34.5 Å². The van der Waals surface area contributed by atoms with Crippen LogP contribution >= 0.6 is 46.3 Å². The number of aromatic hydroxyl groups is 2. The number of phenolic OH excluding ortho intramolecular Hbond substituents is 2. The van der Waals surface area contributed by atoms with Crippen molar-refractivity contribution in [2.45, 2.75) is 44.1 Å². The molecule has 1 fully saturated rings. The third kappa shape index (κ3) is 8.73. The molecule has 17 nitrogen and oxygen atoms in total. The van der Waals surface area contributed by atoms with Gasteiger partial charge in [-0.2, -0.15) is 5.21 Å². The van der Waals surface area contributed by atoms with E-state index in [1.165, 1.54) is 42.6 Å². The molecule has 5 rings (SSSR count). The van der Waals surface area contributed by atoms with E-state index in [1.54, 1.807) is 0 Å². The van der Waals surface area contributed by atoms with Crippen molar-refractivity contribution in [3.05, 3.63) is 44.1 Å². The molecule has 0 spiro atoms. The smallest absolute Gasteiger partial charge is 0.546 e. The number of carboxylic acids is 1. The van der Waals surface area contributed by atoms with Crippen molar-refractivity contribution in [1.82, 2.24) is 30.5 Å². The van der Waals surface area contributed by atoms with Crippen LogP contribution in [0, 0.1) is 5.92 Å². The van der Waals surface area contributed by atoms with Crippen molar-refractivity contribution >= 4 is 86.3 Å². The van der Waals surface area contributed by atoms with Gasteiger partial charge in [-0.25, -0.2) is 4.98 Å². The van der Waals surface area contributed by atoms with Crippen molar-refractivity contribution in [3.63, 3.8) is 0 Å². The van der Waals surface area contributed by atoms with Gasteiger partial charge in [0.25, 0.3) is 0 Å². The Kier molecular flexibility index (Phi) is 13.1. The van der Waals surface area contributed by atoms with Gasteiger partial charge < -0.3 is 40.3 Å². The summed E-state index contributed by atoms with van der Waals surface area (Å²) in [5.41, 5.74) is 4.77. The number of fused-ring (bicyclic) bond motifs is 1. The second kappa shape index (κ2) is 16.4. The Hall–Kier alpha value is -3.30. The van der Waals surface area contributed by atoms with Gasteiger partial charge in [-0.05, 0) is 26.0 Å². The van der Waals surface area contributed by atoms with Gasteiger partial charge in [-0.3, -0.25) is 29.6 Å². The van der Waals surface area contributed by atoms with E-state index in [0.717, 1.165) is 16.9 Å². The molecule has 0 aliphatic carbocycles. The summed E-state index contributed by atoms with van der Waals surface area (Å²) in [6, 6.07) is 2.57. The fourth-order valence-corrected chi connectivity index (χ4v) is 8.14. The number of aliphatic carboxylic acids is 1. The van der Waals surface area contributed by atoms with Crippen LogP contribution in [0.3, 0.4) is 0 Å². The van der Waals surface area contributed by atoms with E-state index < -0.39 is 40.1 Å². The van der Waals surface area contributed by atoms with E-state index in [2.05, 4.69) is 30.8 Å². The van der Waals surface area contributed by atoms with Crippen LogP contribution in [0.1, 0.15) is 55.0 Å². The number of nitrogens with zero attached hydrogens (tertiary/aromatic N) is 8. The molecular weight excluding hydrogens is 772 g/mol. The molecular formula is C30H32Cl2N9NaO8S2. The second-order valence-corrected chi connectivity index (χ2v) is 16.1. The first-order valence-electron chi connectivity index (χ1n) is 15.3. The first kappa shape index (κ1) is 41.5. The van der Waals surface area contributed by atoms with Crippen molar-refractivity contribution in [1.29, 1.82) is 0 Å². The largest absolute Gasteiger partial charge is 1.00 e. The summed E-state index contributed by atoms with van der Waals surface area (Å²) in [5, 5.41) is 49.4. The molecule has 4 heterocycles. The number of aromatic nitrogens is 5. The van der Waals surface area contributed by atoms with Gasteiger partial charge in [-0.1, -0.05) is 39.7 Å². The number of rotatable bonds is 15. The number of carbonyl (C=O) groups is 4. The zero-order valence-corrected chi connectivity index (χ0v) is 33.8. The number of likely N-dealkylation sites (N-methyl/N-ethyl adjacent to an activating group) is 1. The summed E-state index contributed by atoms with van der Waals surface area (Å²) >= 11 is 14.7. The molecule has 2 aliphatic heterocycles. The number of anilines is 1. The van der Waals surface area contributed by atoms with Gasteiger partial charge in [0.15, 0.2) is 39.5 Å². The third-order valence-corrected chi connectivity index (χ3v) is 11.1. The Bertz CT molecular complexity index is 1960. The first-order valence-corrected chi connectivity index (χ1v) is 17.9. The summed E-state index contributed by atoms with van der Waals surface area (Å²) in [5.74, 6) is -4.09. The Morgan fingerprint density at radius 2 is 1.96 bits per heavy atom. The van der Waals surface area contributed by atoms with Crippen molar-refractivity contribution in [3.8, 4) is 11.5 Å². The molecule has 52 heavy (non-hydrogen) atoms. The van der Waals surface area contributed by atoms with Gasteiger partial charge in [0.1, 0.15) is 16.6 Å². The Balaban J connectivity index is 0.00000605. The number of benzene rings is 1. The van der Waals surface area contributed by atoms with Crippen LogP contribution in [0.5, 0.6) is 11.5 Å². The Morgan fingerprint density at radius 3 is 2.58 bits per heavy atom. The Labute approximate surface area is 337 Å². The topological polar surface area (TPSA) is 248 Å². The number of thioether (sulfide) groups is 1. The summed E-state index contributed by atoms with van der Waals surface area (Å²) in [4.78, 5) is 62.5. The SMILES string of the molecule is CC(C)(O/N=C(\C(=O)C[C@@H]1C(=O)N2C(c3nnn[n-]3)=C(C[N+](C)(C)CCCC(=O)c3ccc(O)c(O)c3Cl)CS[C@H]12)c1nc(N)sc1Cl)C(=O)[O-].[Na+]. The first-order chi connectivity index (χ1) is 23.9. The second-order valence-electron chi connectivity index (χ2n) is 12.9. The van der Waals surface area contributed by atoms with E-state index in [0.29, 0.717) is 35.4 Å². The number of phenols is 2.